The fraction of sp³-hybridized carbons (Fsp3) is 0.207. The van der Waals surface area contributed by atoms with Crippen molar-refractivity contribution in [3.63, 3.8) is 0 Å². The number of aromatic amines is 1. The Labute approximate surface area is 246 Å². The zero-order valence-electron chi connectivity index (χ0n) is 22.6. The van der Waals surface area contributed by atoms with Crippen LogP contribution in [0.15, 0.2) is 76.2 Å². The van der Waals surface area contributed by atoms with Crippen molar-refractivity contribution in [1.29, 1.82) is 0 Å². The molecule has 0 aliphatic rings. The predicted octanol–water partition coefficient (Wildman–Crippen LogP) is 4.68. The van der Waals surface area contributed by atoms with Gasteiger partial charge in [-0.3, -0.25) is 13.9 Å². The maximum absolute atomic E-state index is 12.5. The van der Waals surface area contributed by atoms with E-state index in [0.717, 1.165) is 26.0 Å². The maximum atomic E-state index is 12.5. The number of amides is 1. The van der Waals surface area contributed by atoms with Crippen molar-refractivity contribution in [2.45, 2.75) is 12.8 Å². The standard InChI is InChI=1S/C29H29BrN4O6S/c1-33(2)25(35)17-34(41(3,39)40)22-12-10-21(11-13-22)31-28(19-7-4-18(5-8-19)6-15-26(36)37)27-23-14-9-20(30)16-24(23)32-29(27)38/h4-5,7-14,16,32,38H,6,15,17H2,1-3H3,(H,36,37). The van der Waals surface area contributed by atoms with Crippen molar-refractivity contribution in [2.24, 2.45) is 4.99 Å². The van der Waals surface area contributed by atoms with Crippen molar-refractivity contribution >= 4 is 65.8 Å². The second-order valence-corrected chi connectivity index (χ2v) is 12.5. The molecular weight excluding hydrogens is 612 g/mol. The Morgan fingerprint density at radius 2 is 1.66 bits per heavy atom. The minimum atomic E-state index is -3.74. The van der Waals surface area contributed by atoms with Gasteiger partial charge >= 0.3 is 5.97 Å². The summed E-state index contributed by atoms with van der Waals surface area (Å²) >= 11 is 3.45. The molecule has 0 fully saturated rings. The summed E-state index contributed by atoms with van der Waals surface area (Å²) in [4.78, 5) is 32.4. The molecule has 3 aromatic carbocycles. The first kappa shape index (κ1) is 29.8. The summed E-state index contributed by atoms with van der Waals surface area (Å²) in [6.07, 6.45) is 1.43. The minimum absolute atomic E-state index is 0.00932. The molecule has 12 heteroatoms. The molecule has 0 bridgehead atoms. The number of H-pyrrole nitrogens is 1. The fourth-order valence-corrected chi connectivity index (χ4v) is 5.44. The Morgan fingerprint density at radius 1 is 1.00 bits per heavy atom. The third-order valence-electron chi connectivity index (χ3n) is 6.39. The highest BCUT2D eigenvalue weighted by molar-refractivity contribution is 9.10. The molecule has 0 saturated heterocycles. The van der Waals surface area contributed by atoms with Crippen molar-refractivity contribution < 1.29 is 28.2 Å². The average Bonchev–Trinajstić information content (AvgIpc) is 3.23. The number of fused-ring (bicyclic) bond motifs is 1. The van der Waals surface area contributed by atoms with Gasteiger partial charge in [-0.25, -0.2) is 13.4 Å². The molecular formula is C29H29BrN4O6S. The molecule has 214 valence electrons. The number of likely N-dealkylation sites (N-methyl/N-ethyl adjacent to an activating group) is 1. The van der Waals surface area contributed by atoms with Crippen LogP contribution in [-0.4, -0.2) is 73.0 Å². The number of halogens is 1. The van der Waals surface area contributed by atoms with Crippen LogP contribution in [-0.2, 0) is 26.0 Å². The van der Waals surface area contributed by atoms with Gasteiger partial charge in [0.15, 0.2) is 5.88 Å². The molecule has 4 rings (SSSR count). The average molecular weight is 642 g/mol. The van der Waals surface area contributed by atoms with E-state index < -0.39 is 16.0 Å². The van der Waals surface area contributed by atoms with Crippen LogP contribution in [0, 0.1) is 0 Å². The second kappa shape index (κ2) is 12.1. The van der Waals surface area contributed by atoms with E-state index in [1.54, 1.807) is 38.4 Å². The Kier molecular flexibility index (Phi) is 8.83. The molecule has 0 radical (unpaired) electrons. The molecule has 0 saturated carbocycles. The van der Waals surface area contributed by atoms with Gasteiger partial charge in [0.25, 0.3) is 0 Å². The highest BCUT2D eigenvalue weighted by Gasteiger charge is 2.22. The molecule has 3 N–H and O–H groups in total. The van der Waals surface area contributed by atoms with E-state index >= 15 is 0 Å². The molecule has 10 nitrogen and oxygen atoms in total. The molecule has 4 aromatic rings. The second-order valence-electron chi connectivity index (χ2n) is 9.66. The minimum Gasteiger partial charge on any atom is -0.494 e. The number of hydrogen-bond acceptors (Lipinski definition) is 6. The zero-order chi connectivity index (χ0) is 29.9. The maximum Gasteiger partial charge on any atom is 0.303 e. The van der Waals surface area contributed by atoms with Crippen LogP contribution in [0.25, 0.3) is 10.9 Å². The summed E-state index contributed by atoms with van der Waals surface area (Å²) in [7, 11) is -0.626. The van der Waals surface area contributed by atoms with Gasteiger partial charge in [0, 0.05) is 35.9 Å². The molecule has 0 aliphatic heterocycles. The van der Waals surface area contributed by atoms with Crippen molar-refractivity contribution in [3.8, 4) is 5.88 Å². The lowest BCUT2D eigenvalue weighted by Gasteiger charge is -2.23. The number of rotatable bonds is 10. The number of anilines is 1. The Morgan fingerprint density at radius 3 is 2.24 bits per heavy atom. The van der Waals surface area contributed by atoms with Gasteiger partial charge in [-0.2, -0.15) is 0 Å². The third-order valence-corrected chi connectivity index (χ3v) is 8.02. The van der Waals surface area contributed by atoms with E-state index in [2.05, 4.69) is 20.9 Å². The third kappa shape index (κ3) is 7.14. The SMILES string of the molecule is CN(C)C(=O)CN(c1ccc(N=C(c2ccc(CCC(=O)O)cc2)c2c(O)[nH]c3cc(Br)ccc23)cc1)S(C)(=O)=O. The number of aryl methyl sites for hydroxylation is 1. The lowest BCUT2D eigenvalue weighted by atomic mass is 9.98. The number of aromatic hydroxyl groups is 1. The number of hydrogen-bond donors (Lipinski definition) is 3. The highest BCUT2D eigenvalue weighted by Crippen LogP contribution is 2.33. The van der Waals surface area contributed by atoms with Gasteiger partial charge in [0.2, 0.25) is 15.9 Å². The molecule has 0 spiro atoms. The Bertz CT molecular complexity index is 1730. The zero-order valence-corrected chi connectivity index (χ0v) is 25.0. The summed E-state index contributed by atoms with van der Waals surface area (Å²) in [5.74, 6) is -1.32. The van der Waals surface area contributed by atoms with Crippen LogP contribution in [0.2, 0.25) is 0 Å². The van der Waals surface area contributed by atoms with E-state index in [1.165, 1.54) is 4.90 Å². The van der Waals surface area contributed by atoms with Crippen LogP contribution >= 0.6 is 15.9 Å². The summed E-state index contributed by atoms with van der Waals surface area (Å²) in [6.45, 7) is -0.341. The van der Waals surface area contributed by atoms with Gasteiger partial charge < -0.3 is 20.1 Å². The van der Waals surface area contributed by atoms with Crippen molar-refractivity contribution in [3.05, 3.63) is 87.9 Å². The molecule has 41 heavy (non-hydrogen) atoms. The number of carbonyl (C=O) groups is 2. The van der Waals surface area contributed by atoms with E-state index in [-0.39, 0.29) is 24.8 Å². The van der Waals surface area contributed by atoms with Crippen molar-refractivity contribution in [2.75, 3.05) is 31.2 Å². The lowest BCUT2D eigenvalue weighted by Crippen LogP contribution is -2.39. The van der Waals surface area contributed by atoms with E-state index in [9.17, 15) is 23.1 Å². The number of sulfonamides is 1. The summed E-state index contributed by atoms with van der Waals surface area (Å²) in [5, 5.41) is 20.7. The first-order valence-corrected chi connectivity index (χ1v) is 15.2. The smallest absolute Gasteiger partial charge is 0.303 e. The largest absolute Gasteiger partial charge is 0.494 e. The number of nitrogens with one attached hydrogen (secondary N) is 1. The number of benzene rings is 3. The van der Waals surface area contributed by atoms with Crippen LogP contribution in [0.5, 0.6) is 5.88 Å². The fourth-order valence-electron chi connectivity index (χ4n) is 4.23. The molecule has 1 amide bonds. The Balaban J connectivity index is 1.79. The van der Waals surface area contributed by atoms with Gasteiger partial charge in [0.05, 0.1) is 34.4 Å². The first-order chi connectivity index (χ1) is 19.3. The number of carboxylic acids is 1. The van der Waals surface area contributed by atoms with Gasteiger partial charge in [-0.05, 0) is 48.4 Å². The van der Waals surface area contributed by atoms with Crippen molar-refractivity contribution in [1.82, 2.24) is 9.88 Å². The highest BCUT2D eigenvalue weighted by atomic mass is 79.9. The summed E-state index contributed by atoms with van der Waals surface area (Å²) in [6, 6.07) is 19.3. The van der Waals surface area contributed by atoms with E-state index in [0.29, 0.717) is 40.2 Å². The molecule has 0 atom stereocenters. The summed E-state index contributed by atoms with van der Waals surface area (Å²) in [5.41, 5.74) is 3.95. The molecule has 0 aliphatic carbocycles. The Hall–Kier alpha value is -4.16. The molecule has 1 heterocycles. The van der Waals surface area contributed by atoms with Gasteiger partial charge in [-0.1, -0.05) is 46.3 Å². The normalized spacial score (nSPS) is 12.0. The first-order valence-electron chi connectivity index (χ1n) is 12.5. The van der Waals surface area contributed by atoms with E-state index in [1.807, 2.05) is 42.5 Å². The number of aromatic nitrogens is 1. The molecule has 0 unspecified atom stereocenters. The van der Waals surface area contributed by atoms with Crippen LogP contribution < -0.4 is 4.31 Å². The predicted molar refractivity (Wildman–Crippen MR) is 163 cm³/mol. The van der Waals surface area contributed by atoms with Gasteiger partial charge in [0.1, 0.15) is 6.54 Å². The monoisotopic (exact) mass is 640 g/mol. The number of carbonyl (C=O) groups excluding carboxylic acids is 1. The number of nitrogens with zero attached hydrogens (tertiary/aromatic N) is 3. The number of carboxylic acid groups (broad SMARTS) is 1. The van der Waals surface area contributed by atoms with Crippen LogP contribution in [0.1, 0.15) is 23.1 Å². The van der Waals surface area contributed by atoms with Crippen LogP contribution in [0.3, 0.4) is 0 Å². The lowest BCUT2D eigenvalue weighted by molar-refractivity contribution is -0.137. The topological polar surface area (TPSA) is 143 Å². The van der Waals surface area contributed by atoms with Gasteiger partial charge in [-0.15, -0.1) is 0 Å². The molecule has 1 aromatic heterocycles. The van der Waals surface area contributed by atoms with E-state index in [4.69, 9.17) is 10.1 Å². The quantitative estimate of drug-likeness (QED) is 0.215. The summed E-state index contributed by atoms with van der Waals surface area (Å²) < 4.78 is 26.8. The number of aliphatic imine (C=N–C) groups is 1. The van der Waals surface area contributed by atoms with Crippen LogP contribution in [0.4, 0.5) is 11.4 Å². The number of aliphatic carboxylic acids is 1.